The smallest absolute Gasteiger partial charge is 0.319 e. The van der Waals surface area contributed by atoms with E-state index in [0.717, 1.165) is 19.4 Å². The molecule has 1 aromatic carbocycles. The molecule has 5 heterocycles. The number of likely N-dealkylation sites (N-methyl/N-ethyl adjacent to an activating group) is 1. The molecule has 2 fully saturated rings. The van der Waals surface area contributed by atoms with Gasteiger partial charge in [-0.2, -0.15) is 9.97 Å². The first-order valence-electron chi connectivity index (χ1n) is 13.9. The number of benzene rings is 1. The van der Waals surface area contributed by atoms with E-state index in [1.54, 1.807) is 18.2 Å². The summed E-state index contributed by atoms with van der Waals surface area (Å²) >= 11 is 1.17. The number of hydrogen-bond donors (Lipinski definition) is 0. The molecule has 0 aliphatic carbocycles. The van der Waals surface area contributed by atoms with Gasteiger partial charge >= 0.3 is 6.01 Å². The van der Waals surface area contributed by atoms with Crippen molar-refractivity contribution in [1.29, 1.82) is 0 Å². The number of anilines is 1. The second-order valence-electron chi connectivity index (χ2n) is 10.7. The van der Waals surface area contributed by atoms with Crippen LogP contribution in [0.2, 0.25) is 0 Å². The number of fused-ring (bicyclic) bond motifs is 2. The van der Waals surface area contributed by atoms with E-state index >= 15 is 4.39 Å². The monoisotopic (exact) mass is 607 g/mol. The summed E-state index contributed by atoms with van der Waals surface area (Å²) in [5.74, 6) is -2.71. The number of halogens is 3. The molecule has 43 heavy (non-hydrogen) atoms. The molecule has 222 valence electrons. The number of nitrogens with zero attached hydrogens (tertiary/aromatic N) is 7. The molecule has 1 amide bonds. The summed E-state index contributed by atoms with van der Waals surface area (Å²) in [5.41, 5.74) is 0.446. The molecule has 2 saturated heterocycles. The molecule has 3 aromatic heterocycles. The van der Waals surface area contributed by atoms with Gasteiger partial charge in [0.2, 0.25) is 6.54 Å². The number of ether oxygens (including phenoxy) is 1. The topological polar surface area (TPSA) is 79.1 Å². The molecule has 9 nitrogen and oxygen atoms in total. The molecule has 0 N–H and O–H groups in total. The Labute approximate surface area is 250 Å². The minimum Gasteiger partial charge on any atom is -0.462 e. The van der Waals surface area contributed by atoms with Gasteiger partial charge in [0.1, 0.15) is 35.5 Å². The Hall–Kier alpha value is -4.28. The summed E-state index contributed by atoms with van der Waals surface area (Å²) in [6.07, 6.45) is 3.48. The van der Waals surface area contributed by atoms with Crippen LogP contribution in [0.15, 0.2) is 42.2 Å². The summed E-state index contributed by atoms with van der Waals surface area (Å²) < 4.78 is 51.1. The van der Waals surface area contributed by atoms with Gasteiger partial charge in [0.15, 0.2) is 11.6 Å². The SMILES string of the molecule is [C-]#[N+]C[C@H]1CN(c2nc(OC[C@@H]3CCCN3C)nc3c(F)c(-c4cccc5c(F)csc45)ncc23)CCN1C(=O)C(=C)F. The number of hydrogen-bond acceptors (Lipinski definition) is 8. The molecule has 0 spiro atoms. The maximum atomic E-state index is 16.4. The van der Waals surface area contributed by atoms with E-state index in [2.05, 4.69) is 31.3 Å². The highest BCUT2D eigenvalue weighted by atomic mass is 32.1. The molecule has 0 bridgehead atoms. The van der Waals surface area contributed by atoms with E-state index in [-0.39, 0.29) is 55.3 Å². The van der Waals surface area contributed by atoms with Crippen LogP contribution < -0.4 is 9.64 Å². The van der Waals surface area contributed by atoms with Crippen molar-refractivity contribution in [2.45, 2.75) is 24.9 Å². The Morgan fingerprint density at radius 3 is 2.79 bits per heavy atom. The van der Waals surface area contributed by atoms with Gasteiger partial charge in [-0.3, -0.25) is 9.78 Å². The molecule has 4 aromatic rings. The van der Waals surface area contributed by atoms with Crippen molar-refractivity contribution in [2.75, 3.05) is 51.3 Å². The second-order valence-corrected chi connectivity index (χ2v) is 11.6. The highest BCUT2D eigenvalue weighted by Crippen LogP contribution is 2.38. The first-order valence-corrected chi connectivity index (χ1v) is 14.7. The van der Waals surface area contributed by atoms with Crippen LogP contribution in [0.5, 0.6) is 6.01 Å². The van der Waals surface area contributed by atoms with Crippen molar-refractivity contribution in [3.63, 3.8) is 0 Å². The number of likely N-dealkylation sites (tertiary alicyclic amines) is 1. The number of aromatic nitrogens is 3. The Morgan fingerprint density at radius 2 is 2.05 bits per heavy atom. The zero-order valence-electron chi connectivity index (χ0n) is 23.4. The van der Waals surface area contributed by atoms with Crippen LogP contribution in [0.25, 0.3) is 37.1 Å². The quantitative estimate of drug-likeness (QED) is 0.214. The van der Waals surface area contributed by atoms with Gasteiger partial charge < -0.3 is 24.3 Å². The van der Waals surface area contributed by atoms with Gasteiger partial charge in [-0.25, -0.2) is 19.7 Å². The zero-order chi connectivity index (χ0) is 30.2. The van der Waals surface area contributed by atoms with E-state index in [1.807, 2.05) is 11.9 Å². The summed E-state index contributed by atoms with van der Waals surface area (Å²) in [7, 11) is 2.02. The third-order valence-electron chi connectivity index (χ3n) is 8.10. The fraction of sp³-hybridized carbons (Fsp3) is 0.367. The van der Waals surface area contributed by atoms with Gasteiger partial charge in [0, 0.05) is 52.9 Å². The minimum atomic E-state index is -1.09. The molecule has 0 unspecified atom stereocenters. The molecular formula is C30H28F3N7O2S. The minimum absolute atomic E-state index is 0.0170. The van der Waals surface area contributed by atoms with Crippen molar-refractivity contribution in [3.8, 4) is 17.3 Å². The Bertz CT molecular complexity index is 1770. The fourth-order valence-corrected chi connectivity index (χ4v) is 6.75. The van der Waals surface area contributed by atoms with Gasteiger partial charge in [-0.1, -0.05) is 24.8 Å². The first kappa shape index (κ1) is 28.8. The number of amides is 1. The predicted octanol–water partition coefficient (Wildman–Crippen LogP) is 5.08. The molecule has 2 atom stereocenters. The van der Waals surface area contributed by atoms with Gasteiger partial charge in [0.05, 0.1) is 5.39 Å². The van der Waals surface area contributed by atoms with E-state index < -0.39 is 23.6 Å². The number of rotatable bonds is 7. The average Bonchev–Trinajstić information content (AvgIpc) is 3.60. The van der Waals surface area contributed by atoms with E-state index in [1.165, 1.54) is 27.8 Å². The Balaban J connectivity index is 1.44. The van der Waals surface area contributed by atoms with Gasteiger partial charge in [-0.15, -0.1) is 11.3 Å². The third-order valence-corrected chi connectivity index (χ3v) is 9.11. The standard InChI is InChI=1S/C30H28F3N7O2S/c1-17(31)29(41)40-11-10-39(14-19(40)12-34-2)28-22-13-35-25(21-8-4-7-20-23(32)16-43-27(20)21)24(33)26(22)36-30(37-28)42-15-18-6-5-9-38(18)3/h4,7-8,13,16,18-19H,1,5-6,9-12,14-15H2,3H3/t18-,19-/m0/s1. The Kier molecular flexibility index (Phi) is 7.89. The summed E-state index contributed by atoms with van der Waals surface area (Å²) in [5, 5.41) is 2.07. The van der Waals surface area contributed by atoms with Crippen LogP contribution in [0.4, 0.5) is 19.0 Å². The molecule has 6 rings (SSSR count). The van der Waals surface area contributed by atoms with E-state index in [4.69, 9.17) is 11.3 Å². The van der Waals surface area contributed by atoms with Gasteiger partial charge in [0.25, 0.3) is 5.91 Å². The van der Waals surface area contributed by atoms with E-state index in [9.17, 15) is 13.6 Å². The number of carbonyl (C=O) groups is 1. The lowest BCUT2D eigenvalue weighted by molar-refractivity contribution is -0.131. The van der Waals surface area contributed by atoms with Crippen LogP contribution in [0.3, 0.4) is 0 Å². The summed E-state index contributed by atoms with van der Waals surface area (Å²) in [6, 6.07) is 4.49. The number of carbonyl (C=O) groups excluding carboxylic acids is 1. The van der Waals surface area contributed by atoms with Gasteiger partial charge in [-0.05, 0) is 26.4 Å². The van der Waals surface area contributed by atoms with E-state index in [0.29, 0.717) is 33.5 Å². The predicted molar refractivity (Wildman–Crippen MR) is 159 cm³/mol. The molecule has 0 saturated carbocycles. The first-order chi connectivity index (χ1) is 20.8. The van der Waals surface area contributed by atoms with Crippen molar-refractivity contribution < 1.29 is 22.7 Å². The second kappa shape index (κ2) is 11.8. The van der Waals surface area contributed by atoms with Crippen molar-refractivity contribution in [2.24, 2.45) is 0 Å². The maximum Gasteiger partial charge on any atom is 0.319 e. The maximum absolute atomic E-state index is 16.4. The largest absolute Gasteiger partial charge is 0.462 e. The zero-order valence-corrected chi connectivity index (χ0v) is 24.2. The molecular weight excluding hydrogens is 579 g/mol. The van der Waals surface area contributed by atoms with Crippen LogP contribution in [0, 0.1) is 18.2 Å². The molecule has 2 aliphatic heterocycles. The van der Waals surface area contributed by atoms with Crippen LogP contribution >= 0.6 is 11.3 Å². The summed E-state index contributed by atoms with van der Waals surface area (Å²) in [6.45, 7) is 12.2. The molecule has 0 radical (unpaired) electrons. The van der Waals surface area contributed by atoms with Crippen molar-refractivity contribution in [1.82, 2.24) is 24.8 Å². The molecule has 2 aliphatic rings. The highest BCUT2D eigenvalue weighted by Gasteiger charge is 2.35. The summed E-state index contributed by atoms with van der Waals surface area (Å²) in [4.78, 5) is 34.8. The fourth-order valence-electron chi connectivity index (χ4n) is 5.82. The highest BCUT2D eigenvalue weighted by molar-refractivity contribution is 7.17. The third kappa shape index (κ3) is 5.36. The number of pyridine rings is 1. The van der Waals surface area contributed by atoms with Crippen LogP contribution in [-0.4, -0.2) is 89.1 Å². The Morgan fingerprint density at radius 1 is 1.21 bits per heavy atom. The normalized spacial score (nSPS) is 19.2. The number of piperazine rings is 1. The van der Waals surface area contributed by atoms with Crippen molar-refractivity contribution >= 4 is 44.1 Å². The van der Waals surface area contributed by atoms with Crippen molar-refractivity contribution in [3.05, 3.63) is 65.2 Å². The van der Waals surface area contributed by atoms with Crippen LogP contribution in [-0.2, 0) is 4.79 Å². The number of thiophene rings is 1. The lowest BCUT2D eigenvalue weighted by Crippen LogP contribution is -2.56. The van der Waals surface area contributed by atoms with Crippen LogP contribution in [0.1, 0.15) is 12.8 Å². The molecule has 13 heteroatoms. The lowest BCUT2D eigenvalue weighted by Gasteiger charge is -2.39. The lowest BCUT2D eigenvalue weighted by atomic mass is 10.1. The average molecular weight is 608 g/mol.